The average molecular weight is 241 g/mol. The zero-order chi connectivity index (χ0) is 11.4. The van der Waals surface area contributed by atoms with E-state index in [9.17, 15) is 0 Å². The van der Waals surface area contributed by atoms with Crippen LogP contribution in [0.2, 0.25) is 0 Å². The first-order valence-corrected chi connectivity index (χ1v) is 7.22. The molecule has 0 aliphatic heterocycles. The lowest BCUT2D eigenvalue weighted by Gasteiger charge is -2.32. The fraction of sp³-hybridized carbons (Fsp3) is 0.818. The highest BCUT2D eigenvalue weighted by Gasteiger charge is 2.37. The van der Waals surface area contributed by atoms with Gasteiger partial charge in [-0.05, 0) is 19.1 Å². The number of nitrogens with zero attached hydrogens (tertiary/aromatic N) is 2. The molecule has 0 radical (unpaired) electrons. The van der Waals surface area contributed by atoms with E-state index >= 15 is 0 Å². The molecule has 0 saturated heterocycles. The van der Waals surface area contributed by atoms with Gasteiger partial charge >= 0.3 is 0 Å². The summed E-state index contributed by atoms with van der Waals surface area (Å²) in [6, 6.07) is 0. The van der Waals surface area contributed by atoms with Gasteiger partial charge in [0.25, 0.3) is 0 Å². The van der Waals surface area contributed by atoms with E-state index in [2.05, 4.69) is 10.1 Å². The summed E-state index contributed by atoms with van der Waals surface area (Å²) >= 11 is 1.70. The molecule has 1 aromatic heterocycles. The molecule has 2 N–H and O–H groups in total. The summed E-state index contributed by atoms with van der Waals surface area (Å²) < 4.78 is 5.40. The molecule has 1 heterocycles. The normalized spacial score (nSPS) is 19.9. The van der Waals surface area contributed by atoms with Crippen molar-refractivity contribution in [2.24, 2.45) is 5.73 Å². The predicted octanol–water partition coefficient (Wildman–Crippen LogP) is 2.09. The van der Waals surface area contributed by atoms with Gasteiger partial charge in [-0.1, -0.05) is 24.4 Å². The van der Waals surface area contributed by atoms with Crippen LogP contribution in [0.15, 0.2) is 4.52 Å². The van der Waals surface area contributed by atoms with Crippen molar-refractivity contribution in [3.8, 4) is 0 Å². The van der Waals surface area contributed by atoms with Crippen LogP contribution in [0.25, 0.3) is 0 Å². The zero-order valence-electron chi connectivity index (χ0n) is 9.74. The molecule has 16 heavy (non-hydrogen) atoms. The molecule has 5 heteroatoms. The van der Waals surface area contributed by atoms with Crippen molar-refractivity contribution in [2.75, 3.05) is 12.8 Å². The molecule has 0 aromatic carbocycles. The quantitative estimate of drug-likeness (QED) is 0.874. The van der Waals surface area contributed by atoms with Crippen LogP contribution in [-0.4, -0.2) is 22.9 Å². The van der Waals surface area contributed by atoms with Crippen molar-refractivity contribution in [1.29, 1.82) is 0 Å². The highest BCUT2D eigenvalue weighted by Crippen LogP contribution is 2.37. The number of nitrogens with two attached hydrogens (primary N) is 1. The lowest BCUT2D eigenvalue weighted by Crippen LogP contribution is -2.37. The molecule has 90 valence electrons. The van der Waals surface area contributed by atoms with E-state index in [1.54, 1.807) is 11.8 Å². The molecular weight excluding hydrogens is 222 g/mol. The molecule has 1 fully saturated rings. The monoisotopic (exact) mass is 241 g/mol. The van der Waals surface area contributed by atoms with E-state index < -0.39 is 0 Å². The second kappa shape index (κ2) is 5.19. The maximum Gasteiger partial charge on any atom is 0.234 e. The molecule has 1 aliphatic rings. The Kier molecular flexibility index (Phi) is 3.86. The van der Waals surface area contributed by atoms with Gasteiger partial charge in [0.1, 0.15) is 0 Å². The first-order valence-electron chi connectivity index (χ1n) is 5.83. The Morgan fingerprint density at radius 3 is 2.75 bits per heavy atom. The Hall–Kier alpha value is -0.550. The minimum absolute atomic E-state index is 0.0398. The third-order valence-corrected chi connectivity index (χ3v) is 3.94. The molecule has 0 atom stereocenters. The topological polar surface area (TPSA) is 64.9 Å². The van der Waals surface area contributed by atoms with Crippen LogP contribution < -0.4 is 5.73 Å². The predicted molar refractivity (Wildman–Crippen MR) is 65.3 cm³/mol. The largest absolute Gasteiger partial charge is 0.339 e. The summed E-state index contributed by atoms with van der Waals surface area (Å²) in [6.07, 6.45) is 7.95. The molecule has 0 spiro atoms. The van der Waals surface area contributed by atoms with Crippen LogP contribution in [-0.2, 0) is 11.2 Å². The van der Waals surface area contributed by atoms with E-state index in [-0.39, 0.29) is 5.41 Å². The van der Waals surface area contributed by atoms with Crippen molar-refractivity contribution in [3.05, 3.63) is 11.7 Å². The number of aromatic nitrogens is 2. The molecule has 2 rings (SSSR count). The van der Waals surface area contributed by atoms with E-state index in [0.717, 1.165) is 30.3 Å². The summed E-state index contributed by atoms with van der Waals surface area (Å²) in [7, 11) is 0. The summed E-state index contributed by atoms with van der Waals surface area (Å²) in [5, 5.41) is 4.01. The Bertz CT molecular complexity index is 334. The van der Waals surface area contributed by atoms with Crippen LogP contribution in [0.1, 0.15) is 43.8 Å². The maximum atomic E-state index is 5.92. The van der Waals surface area contributed by atoms with Crippen LogP contribution in [0, 0.1) is 0 Å². The zero-order valence-corrected chi connectivity index (χ0v) is 10.6. The summed E-state index contributed by atoms with van der Waals surface area (Å²) in [5.41, 5.74) is 5.88. The van der Waals surface area contributed by atoms with Crippen molar-refractivity contribution >= 4 is 11.8 Å². The molecule has 1 aliphatic carbocycles. The van der Waals surface area contributed by atoms with Gasteiger partial charge in [0, 0.05) is 6.54 Å². The highest BCUT2D eigenvalue weighted by atomic mass is 32.2. The van der Waals surface area contributed by atoms with Gasteiger partial charge in [0.05, 0.1) is 11.2 Å². The van der Waals surface area contributed by atoms with Gasteiger partial charge < -0.3 is 10.3 Å². The Labute approximate surface area is 100 Å². The molecule has 0 bridgehead atoms. The highest BCUT2D eigenvalue weighted by molar-refractivity contribution is 7.97. The van der Waals surface area contributed by atoms with Crippen molar-refractivity contribution in [3.63, 3.8) is 0 Å². The van der Waals surface area contributed by atoms with Crippen LogP contribution in [0.3, 0.4) is 0 Å². The Morgan fingerprint density at radius 1 is 1.38 bits per heavy atom. The van der Waals surface area contributed by atoms with E-state index in [0.29, 0.717) is 6.54 Å². The van der Waals surface area contributed by atoms with Gasteiger partial charge in [-0.25, -0.2) is 0 Å². The fourth-order valence-corrected chi connectivity index (χ4v) is 2.77. The van der Waals surface area contributed by atoms with Gasteiger partial charge in [-0.2, -0.15) is 16.7 Å². The smallest absolute Gasteiger partial charge is 0.234 e. The van der Waals surface area contributed by atoms with Crippen LogP contribution in [0.4, 0.5) is 0 Å². The second-order valence-electron chi connectivity index (χ2n) is 4.49. The lowest BCUT2D eigenvalue weighted by atomic mass is 9.74. The summed E-state index contributed by atoms with van der Waals surface area (Å²) in [6.45, 7) is 0.619. The minimum atomic E-state index is -0.0398. The number of hydrogen-bond donors (Lipinski definition) is 1. The Morgan fingerprint density at radius 2 is 2.12 bits per heavy atom. The molecule has 4 nitrogen and oxygen atoms in total. The van der Waals surface area contributed by atoms with Crippen molar-refractivity contribution in [2.45, 2.75) is 43.3 Å². The minimum Gasteiger partial charge on any atom is -0.339 e. The first-order chi connectivity index (χ1) is 7.80. The van der Waals surface area contributed by atoms with Gasteiger partial charge in [0.15, 0.2) is 5.82 Å². The van der Waals surface area contributed by atoms with Crippen LogP contribution >= 0.6 is 11.8 Å². The molecule has 0 unspecified atom stereocenters. The Balaban J connectivity index is 2.18. The lowest BCUT2D eigenvalue weighted by molar-refractivity contribution is 0.219. The fourth-order valence-electron chi connectivity index (χ4n) is 2.39. The van der Waals surface area contributed by atoms with Gasteiger partial charge in [0.2, 0.25) is 5.89 Å². The third-order valence-electron chi connectivity index (χ3n) is 3.40. The summed E-state index contributed by atoms with van der Waals surface area (Å²) in [5.74, 6) is 2.36. The van der Waals surface area contributed by atoms with E-state index in [4.69, 9.17) is 10.3 Å². The van der Waals surface area contributed by atoms with Gasteiger partial charge in [-0.15, -0.1) is 0 Å². The van der Waals surface area contributed by atoms with Crippen molar-refractivity contribution < 1.29 is 4.52 Å². The maximum absolute atomic E-state index is 5.92. The molecule has 0 amide bonds. The first kappa shape index (κ1) is 11.9. The standard InChI is InChI=1S/C11H19N3OS/c1-16-7-9-13-10(15-14-9)11(8-12)5-3-2-4-6-11/h2-8,12H2,1H3. The number of rotatable bonds is 4. The molecule has 1 saturated carbocycles. The van der Waals surface area contributed by atoms with E-state index in [1.165, 1.54) is 19.3 Å². The average Bonchev–Trinajstić information content (AvgIpc) is 2.80. The molecule has 1 aromatic rings. The second-order valence-corrected chi connectivity index (χ2v) is 5.36. The molecular formula is C11H19N3OS. The third kappa shape index (κ3) is 2.25. The number of thioether (sulfide) groups is 1. The van der Waals surface area contributed by atoms with E-state index in [1.807, 2.05) is 6.26 Å². The SMILES string of the molecule is CSCc1noc(C2(CN)CCCCC2)n1. The number of hydrogen-bond acceptors (Lipinski definition) is 5. The van der Waals surface area contributed by atoms with Crippen molar-refractivity contribution in [1.82, 2.24) is 10.1 Å². The van der Waals surface area contributed by atoms with Crippen LogP contribution in [0.5, 0.6) is 0 Å². The van der Waals surface area contributed by atoms with Gasteiger partial charge in [-0.3, -0.25) is 0 Å². The summed E-state index contributed by atoms with van der Waals surface area (Å²) in [4.78, 5) is 4.49.